The number of carbonyl (C=O) groups excluding carboxylic acids is 1. The zero-order chi connectivity index (χ0) is 24.2. The van der Waals surface area contributed by atoms with E-state index in [4.69, 9.17) is 14.2 Å². The number of hydrogen-bond acceptors (Lipinski definition) is 5. The smallest absolute Gasteiger partial charge is 0.322 e. The third kappa shape index (κ3) is 4.83. The number of ether oxygens (including phenoxy) is 1. The molecule has 2 aromatic carbocycles. The summed E-state index contributed by atoms with van der Waals surface area (Å²) in [5, 5.41) is 7.40. The van der Waals surface area contributed by atoms with E-state index in [-0.39, 0.29) is 6.03 Å². The molecule has 1 aliphatic heterocycles. The van der Waals surface area contributed by atoms with Crippen molar-refractivity contribution in [1.29, 1.82) is 0 Å². The van der Waals surface area contributed by atoms with Crippen molar-refractivity contribution in [1.82, 2.24) is 20.4 Å². The highest BCUT2D eigenvalue weighted by atomic mass is 16.5. The summed E-state index contributed by atoms with van der Waals surface area (Å²) in [6, 6.07) is 15.3. The van der Waals surface area contributed by atoms with Gasteiger partial charge in [0, 0.05) is 17.8 Å². The van der Waals surface area contributed by atoms with E-state index in [2.05, 4.69) is 43.4 Å². The molecule has 0 saturated carbocycles. The van der Waals surface area contributed by atoms with Gasteiger partial charge in [0.2, 0.25) is 5.82 Å². The number of aryl methyl sites for hydroxylation is 1. The maximum absolute atomic E-state index is 13.1. The van der Waals surface area contributed by atoms with Crippen LogP contribution in [-0.2, 0) is 6.42 Å². The van der Waals surface area contributed by atoms with Gasteiger partial charge in [-0.1, -0.05) is 62.3 Å². The predicted octanol–water partition coefficient (Wildman–Crippen LogP) is 5.85. The number of amides is 2. The van der Waals surface area contributed by atoms with Gasteiger partial charge in [-0.2, -0.15) is 4.98 Å². The SMILES string of the molecule is CCc1ccc(-c2noc(C3=C(C)N(CCC(C)C)C(=O)NC3c3ccc(OC)cc3)n2)cc1. The Bertz CT molecular complexity index is 1160. The molecule has 0 aliphatic carbocycles. The van der Waals surface area contributed by atoms with Crippen molar-refractivity contribution in [2.75, 3.05) is 13.7 Å². The molecule has 7 heteroatoms. The third-order valence-corrected chi connectivity index (χ3v) is 6.25. The van der Waals surface area contributed by atoms with Gasteiger partial charge in [-0.3, -0.25) is 4.90 Å². The van der Waals surface area contributed by atoms with Crippen molar-refractivity contribution >= 4 is 11.6 Å². The summed E-state index contributed by atoms with van der Waals surface area (Å²) in [5.74, 6) is 2.16. The Morgan fingerprint density at radius 3 is 2.44 bits per heavy atom. The number of methoxy groups -OCH3 is 1. The van der Waals surface area contributed by atoms with Gasteiger partial charge in [-0.25, -0.2) is 4.79 Å². The molecule has 1 unspecified atom stereocenters. The number of benzene rings is 2. The quantitative estimate of drug-likeness (QED) is 0.456. The van der Waals surface area contributed by atoms with Crippen LogP contribution in [0, 0.1) is 5.92 Å². The third-order valence-electron chi connectivity index (χ3n) is 6.25. The van der Waals surface area contributed by atoms with Gasteiger partial charge < -0.3 is 14.6 Å². The monoisotopic (exact) mass is 460 g/mol. The maximum atomic E-state index is 13.1. The molecule has 2 heterocycles. The van der Waals surface area contributed by atoms with Crippen molar-refractivity contribution in [3.8, 4) is 17.1 Å². The Balaban J connectivity index is 1.75. The van der Waals surface area contributed by atoms with Gasteiger partial charge >= 0.3 is 6.03 Å². The number of nitrogens with zero attached hydrogens (tertiary/aromatic N) is 3. The number of rotatable bonds is 8. The van der Waals surface area contributed by atoms with E-state index in [1.807, 2.05) is 43.3 Å². The number of aromatic nitrogens is 2. The standard InChI is InChI=1S/C27H32N4O3/c1-6-19-7-9-21(10-8-19)25-29-26(34-30-25)23-18(4)31(16-15-17(2)3)27(32)28-24(23)20-11-13-22(33-5)14-12-20/h7-14,17,24H,6,15-16H2,1-5H3,(H,28,32). The molecule has 0 fully saturated rings. The summed E-state index contributed by atoms with van der Waals surface area (Å²) in [7, 11) is 1.63. The first-order valence-corrected chi connectivity index (χ1v) is 11.8. The van der Waals surface area contributed by atoms with E-state index in [1.54, 1.807) is 12.0 Å². The maximum Gasteiger partial charge on any atom is 0.322 e. The van der Waals surface area contributed by atoms with Gasteiger partial charge in [0.1, 0.15) is 5.75 Å². The average Bonchev–Trinajstić information content (AvgIpc) is 3.33. The summed E-state index contributed by atoms with van der Waals surface area (Å²) in [6.45, 7) is 8.99. The van der Waals surface area contributed by atoms with E-state index in [1.165, 1.54) is 5.56 Å². The van der Waals surface area contributed by atoms with Gasteiger partial charge in [0.05, 0.1) is 18.7 Å². The molecule has 7 nitrogen and oxygen atoms in total. The van der Waals surface area contributed by atoms with Crippen LogP contribution in [0.15, 0.2) is 58.8 Å². The molecule has 0 saturated heterocycles. The van der Waals surface area contributed by atoms with Gasteiger partial charge in [0.25, 0.3) is 5.89 Å². The fraction of sp³-hybridized carbons (Fsp3) is 0.370. The van der Waals surface area contributed by atoms with Gasteiger partial charge in [0.15, 0.2) is 0 Å². The Morgan fingerprint density at radius 2 is 1.82 bits per heavy atom. The van der Waals surface area contributed by atoms with Crippen LogP contribution in [-0.4, -0.2) is 34.7 Å². The molecule has 4 rings (SSSR count). The second kappa shape index (κ2) is 10.1. The summed E-state index contributed by atoms with van der Waals surface area (Å²) < 4.78 is 11.1. The fourth-order valence-electron chi connectivity index (χ4n) is 4.10. The predicted molar refractivity (Wildman–Crippen MR) is 132 cm³/mol. The molecule has 1 N–H and O–H groups in total. The molecule has 1 aromatic heterocycles. The normalized spacial score (nSPS) is 16.2. The summed E-state index contributed by atoms with van der Waals surface area (Å²) >= 11 is 0. The minimum Gasteiger partial charge on any atom is -0.497 e. The van der Waals surface area contributed by atoms with Crippen LogP contribution in [0.1, 0.15) is 57.2 Å². The van der Waals surface area contributed by atoms with Crippen molar-refractivity contribution in [2.45, 2.75) is 46.6 Å². The highest BCUT2D eigenvalue weighted by molar-refractivity contribution is 5.86. The number of carbonyl (C=O) groups is 1. The zero-order valence-corrected chi connectivity index (χ0v) is 20.5. The molecular formula is C27H32N4O3. The Hall–Kier alpha value is -3.61. The molecular weight excluding hydrogens is 428 g/mol. The Morgan fingerprint density at radius 1 is 1.12 bits per heavy atom. The lowest BCUT2D eigenvalue weighted by Crippen LogP contribution is -2.46. The lowest BCUT2D eigenvalue weighted by molar-refractivity contribution is 0.202. The van der Waals surface area contributed by atoms with Crippen LogP contribution in [0.5, 0.6) is 5.75 Å². The number of allylic oxidation sites excluding steroid dienone is 1. The topological polar surface area (TPSA) is 80.5 Å². The first-order valence-electron chi connectivity index (χ1n) is 11.8. The van der Waals surface area contributed by atoms with E-state index in [9.17, 15) is 4.79 Å². The molecule has 1 aliphatic rings. The molecule has 0 spiro atoms. The van der Waals surface area contributed by atoms with Crippen LogP contribution < -0.4 is 10.1 Å². The minimum atomic E-state index is -0.413. The van der Waals surface area contributed by atoms with Crippen molar-refractivity contribution in [2.24, 2.45) is 5.92 Å². The molecule has 2 amide bonds. The van der Waals surface area contributed by atoms with Crippen LogP contribution in [0.2, 0.25) is 0 Å². The van der Waals surface area contributed by atoms with E-state index < -0.39 is 6.04 Å². The average molecular weight is 461 g/mol. The van der Waals surface area contributed by atoms with E-state index in [0.29, 0.717) is 24.2 Å². The minimum absolute atomic E-state index is 0.127. The highest BCUT2D eigenvalue weighted by Crippen LogP contribution is 2.38. The van der Waals surface area contributed by atoms with Crippen molar-refractivity contribution < 1.29 is 14.1 Å². The van der Waals surface area contributed by atoms with Crippen LogP contribution in [0.3, 0.4) is 0 Å². The van der Waals surface area contributed by atoms with Crippen LogP contribution >= 0.6 is 0 Å². The van der Waals surface area contributed by atoms with Crippen LogP contribution in [0.4, 0.5) is 4.79 Å². The molecule has 0 radical (unpaired) electrons. The first kappa shape index (κ1) is 23.5. The molecule has 34 heavy (non-hydrogen) atoms. The van der Waals surface area contributed by atoms with Gasteiger partial charge in [-0.15, -0.1) is 0 Å². The lowest BCUT2D eigenvalue weighted by Gasteiger charge is -2.35. The number of urea groups is 1. The molecule has 178 valence electrons. The molecule has 1 atom stereocenters. The van der Waals surface area contributed by atoms with Gasteiger partial charge in [-0.05, 0) is 48.9 Å². The molecule has 3 aromatic rings. The highest BCUT2D eigenvalue weighted by Gasteiger charge is 2.35. The Kier molecular flexibility index (Phi) is 7.01. The Labute approximate surface area is 200 Å². The summed E-state index contributed by atoms with van der Waals surface area (Å²) in [6.07, 6.45) is 1.86. The van der Waals surface area contributed by atoms with Crippen molar-refractivity contribution in [3.05, 3.63) is 71.2 Å². The second-order valence-corrected chi connectivity index (χ2v) is 8.96. The summed E-state index contributed by atoms with van der Waals surface area (Å²) in [5.41, 5.74) is 4.68. The fourth-order valence-corrected chi connectivity index (χ4v) is 4.10. The van der Waals surface area contributed by atoms with E-state index in [0.717, 1.165) is 41.0 Å². The number of hydrogen-bond donors (Lipinski definition) is 1. The zero-order valence-electron chi connectivity index (χ0n) is 20.5. The second-order valence-electron chi connectivity index (χ2n) is 8.96. The van der Waals surface area contributed by atoms with E-state index >= 15 is 0 Å². The molecule has 0 bridgehead atoms. The lowest BCUT2D eigenvalue weighted by atomic mass is 9.94. The summed E-state index contributed by atoms with van der Waals surface area (Å²) in [4.78, 5) is 19.6. The van der Waals surface area contributed by atoms with Crippen LogP contribution in [0.25, 0.3) is 17.0 Å². The number of nitrogens with one attached hydrogen (secondary N) is 1. The van der Waals surface area contributed by atoms with Crippen molar-refractivity contribution in [3.63, 3.8) is 0 Å². The largest absolute Gasteiger partial charge is 0.497 e. The first-order chi connectivity index (χ1) is 16.4.